The molecule has 2 fully saturated rings. The van der Waals surface area contributed by atoms with Crippen molar-refractivity contribution in [1.82, 2.24) is 9.80 Å². The third-order valence-electron chi connectivity index (χ3n) is 10.1. The van der Waals surface area contributed by atoms with Crippen molar-refractivity contribution in [2.24, 2.45) is 5.92 Å². The van der Waals surface area contributed by atoms with E-state index < -0.39 is 17.1 Å². The Bertz CT molecular complexity index is 1360. The minimum absolute atomic E-state index is 0.0190. The van der Waals surface area contributed by atoms with Gasteiger partial charge in [0.25, 0.3) is 5.91 Å². The van der Waals surface area contributed by atoms with Crippen LogP contribution in [-0.4, -0.2) is 70.3 Å². The van der Waals surface area contributed by atoms with Crippen molar-refractivity contribution < 1.29 is 19.7 Å². The second-order valence-electron chi connectivity index (χ2n) is 11.6. The second kappa shape index (κ2) is 8.24. The average Bonchev–Trinajstić information content (AvgIpc) is 3.23. The van der Waals surface area contributed by atoms with Crippen LogP contribution in [0, 0.1) is 31.6 Å². The van der Waals surface area contributed by atoms with Crippen molar-refractivity contribution in [2.45, 2.75) is 75.7 Å². The van der Waals surface area contributed by atoms with E-state index in [9.17, 15) is 15.0 Å². The molecule has 6 heteroatoms. The number of hydrogen-bond donors (Lipinski definition) is 2. The van der Waals surface area contributed by atoms with Crippen LogP contribution < -0.4 is 4.74 Å². The largest absolute Gasteiger partial charge is 0.504 e. The van der Waals surface area contributed by atoms with Crippen molar-refractivity contribution in [3.05, 3.63) is 58.1 Å². The number of phenols is 1. The third-order valence-corrected chi connectivity index (χ3v) is 10.1. The summed E-state index contributed by atoms with van der Waals surface area (Å²) in [5, 5.41) is 23.6. The Hall–Kier alpha value is -3.01. The van der Waals surface area contributed by atoms with Crippen molar-refractivity contribution in [3.63, 3.8) is 0 Å². The van der Waals surface area contributed by atoms with Gasteiger partial charge in [0.05, 0.1) is 17.1 Å². The molecule has 6 rings (SSSR count). The van der Waals surface area contributed by atoms with E-state index in [1.165, 1.54) is 5.56 Å². The summed E-state index contributed by atoms with van der Waals surface area (Å²) in [5.74, 6) is 6.23. The number of carbonyl (C=O) groups excluding carboxylic acids is 1. The first-order valence-electron chi connectivity index (χ1n) is 13.4. The number of aliphatic hydroxyl groups is 1. The quantitative estimate of drug-likeness (QED) is 0.619. The van der Waals surface area contributed by atoms with Crippen LogP contribution in [0.3, 0.4) is 0 Å². The minimum atomic E-state index is -1.00. The lowest BCUT2D eigenvalue weighted by Crippen LogP contribution is -2.80. The van der Waals surface area contributed by atoms with E-state index in [1.54, 1.807) is 18.0 Å². The van der Waals surface area contributed by atoms with Gasteiger partial charge in [-0.25, -0.2) is 0 Å². The maximum atomic E-state index is 13.4. The number of hydrogen-bond acceptors (Lipinski definition) is 5. The monoisotopic (exact) mass is 500 g/mol. The lowest BCUT2D eigenvalue weighted by molar-refractivity contribution is -0.224. The van der Waals surface area contributed by atoms with E-state index in [0.717, 1.165) is 41.6 Å². The first kappa shape index (κ1) is 24.3. The number of rotatable bonds is 2. The van der Waals surface area contributed by atoms with Gasteiger partial charge in [-0.1, -0.05) is 31.4 Å². The van der Waals surface area contributed by atoms with Crippen LogP contribution in [0.4, 0.5) is 0 Å². The molecule has 0 radical (unpaired) electrons. The molecule has 2 bridgehead atoms. The average molecular weight is 501 g/mol. The van der Waals surface area contributed by atoms with Crippen LogP contribution in [0.1, 0.15) is 54.0 Å². The Labute approximate surface area is 219 Å². The van der Waals surface area contributed by atoms with E-state index in [0.29, 0.717) is 18.6 Å². The zero-order valence-corrected chi connectivity index (χ0v) is 22.3. The SMILES string of the molecule is CC[C@H]1C[C@@H](N(C)C(=O)C#Cc2ccc(C)c(C)c2)[C@@H]2Oc3c(O)ccc4c3[C@@]23CCN(C)[C@H](C4)[C@]13O. The van der Waals surface area contributed by atoms with Gasteiger partial charge in [-0.15, -0.1) is 0 Å². The molecule has 6 nitrogen and oxygen atoms in total. The van der Waals surface area contributed by atoms with E-state index in [4.69, 9.17) is 4.74 Å². The number of ether oxygens (including phenoxy) is 1. The highest BCUT2D eigenvalue weighted by molar-refractivity contribution is 5.94. The van der Waals surface area contributed by atoms with Gasteiger partial charge in [0, 0.05) is 30.1 Å². The molecule has 2 heterocycles. The number of aromatic hydroxyl groups is 1. The molecule has 1 amide bonds. The van der Waals surface area contributed by atoms with E-state index in [1.807, 2.05) is 31.2 Å². The van der Waals surface area contributed by atoms with Crippen LogP contribution in [0.15, 0.2) is 30.3 Å². The fraction of sp³-hybridized carbons (Fsp3) is 0.516. The normalized spacial score (nSPS) is 33.1. The third kappa shape index (κ3) is 3.11. The van der Waals surface area contributed by atoms with E-state index in [2.05, 4.69) is 37.6 Å². The minimum Gasteiger partial charge on any atom is -0.504 e. The number of nitrogens with zero attached hydrogens (tertiary/aromatic N) is 2. The van der Waals surface area contributed by atoms with Crippen molar-refractivity contribution in [3.8, 4) is 23.3 Å². The van der Waals surface area contributed by atoms with E-state index in [-0.39, 0.29) is 29.7 Å². The molecule has 2 aromatic rings. The molecule has 1 saturated carbocycles. The summed E-state index contributed by atoms with van der Waals surface area (Å²) in [5.41, 5.74) is 3.58. The standard InChI is InChI=1S/C31H36N2O4/c1-6-22-17-23(33(5)26(35)12-9-20-8-7-18(2)19(3)15-20)29-30-13-14-32(4)25(31(22,30)36)16-21-10-11-24(34)28(37-29)27(21)30/h7-8,10-11,15,22-23,25,29,34,36H,6,13-14,16-17H2,1-5H3/t22-,23+,25+,29-,30-,31+/m0/s1. The summed E-state index contributed by atoms with van der Waals surface area (Å²) >= 11 is 0. The number of carbonyl (C=O) groups is 1. The van der Waals surface area contributed by atoms with Gasteiger partial charge in [0.15, 0.2) is 11.5 Å². The molecular formula is C31H36N2O4. The highest BCUT2D eigenvalue weighted by Gasteiger charge is 2.75. The number of phenolic OH excluding ortho intramolecular Hbond substituents is 1. The van der Waals surface area contributed by atoms with Gasteiger partial charge < -0.3 is 24.7 Å². The van der Waals surface area contributed by atoms with Gasteiger partial charge in [-0.05, 0) is 87.5 Å². The summed E-state index contributed by atoms with van der Waals surface area (Å²) < 4.78 is 6.61. The molecule has 6 atom stereocenters. The van der Waals surface area contributed by atoms with Gasteiger partial charge in [0.2, 0.25) is 0 Å². The molecule has 0 unspecified atom stereocenters. The lowest BCUT2D eigenvalue weighted by Gasteiger charge is -2.66. The summed E-state index contributed by atoms with van der Waals surface area (Å²) in [6.45, 7) is 7.05. The highest BCUT2D eigenvalue weighted by atomic mass is 16.5. The maximum Gasteiger partial charge on any atom is 0.298 e. The molecule has 2 aromatic carbocycles. The molecule has 0 aromatic heterocycles. The first-order valence-corrected chi connectivity index (χ1v) is 13.4. The Kier molecular flexibility index (Phi) is 5.42. The van der Waals surface area contributed by atoms with Crippen LogP contribution in [0.5, 0.6) is 11.5 Å². The molecule has 2 aliphatic heterocycles. The highest BCUT2D eigenvalue weighted by Crippen LogP contribution is 2.67. The molecular weight excluding hydrogens is 464 g/mol. The number of amides is 1. The molecule has 1 spiro atoms. The van der Waals surface area contributed by atoms with Crippen LogP contribution in [0.2, 0.25) is 0 Å². The Morgan fingerprint density at radius 3 is 2.76 bits per heavy atom. The molecule has 2 aliphatic carbocycles. The number of likely N-dealkylation sites (tertiary alicyclic amines) is 1. The van der Waals surface area contributed by atoms with Crippen LogP contribution in [0.25, 0.3) is 0 Å². The van der Waals surface area contributed by atoms with Crippen molar-refractivity contribution in [1.29, 1.82) is 0 Å². The number of piperidine rings is 1. The zero-order valence-electron chi connectivity index (χ0n) is 22.3. The van der Waals surface area contributed by atoms with Gasteiger partial charge in [-0.2, -0.15) is 0 Å². The number of likely N-dealkylation sites (N-methyl/N-ethyl adjacent to an activating group) is 2. The number of aryl methyl sites for hydroxylation is 2. The molecule has 1 saturated heterocycles. The Balaban J connectivity index is 1.43. The maximum absolute atomic E-state index is 13.4. The van der Waals surface area contributed by atoms with Gasteiger partial charge >= 0.3 is 0 Å². The molecule has 37 heavy (non-hydrogen) atoms. The lowest BCUT2D eigenvalue weighted by atomic mass is 9.45. The van der Waals surface area contributed by atoms with Crippen LogP contribution >= 0.6 is 0 Å². The van der Waals surface area contributed by atoms with E-state index >= 15 is 0 Å². The van der Waals surface area contributed by atoms with Gasteiger partial charge in [0.1, 0.15) is 6.10 Å². The molecule has 2 N–H and O–H groups in total. The molecule has 194 valence electrons. The predicted molar refractivity (Wildman–Crippen MR) is 142 cm³/mol. The van der Waals surface area contributed by atoms with Gasteiger partial charge in [-0.3, -0.25) is 4.79 Å². The zero-order chi connectivity index (χ0) is 26.3. The summed E-state index contributed by atoms with van der Waals surface area (Å²) in [4.78, 5) is 17.4. The summed E-state index contributed by atoms with van der Waals surface area (Å²) in [7, 11) is 3.90. The Morgan fingerprint density at radius 1 is 1.24 bits per heavy atom. The van der Waals surface area contributed by atoms with Crippen molar-refractivity contribution >= 4 is 5.91 Å². The fourth-order valence-corrected chi connectivity index (χ4v) is 7.98. The first-order chi connectivity index (χ1) is 17.6. The number of benzene rings is 2. The van der Waals surface area contributed by atoms with Crippen LogP contribution in [-0.2, 0) is 16.6 Å². The Morgan fingerprint density at radius 2 is 2.03 bits per heavy atom. The topological polar surface area (TPSA) is 73.2 Å². The summed E-state index contributed by atoms with van der Waals surface area (Å²) in [6.07, 6.45) is 2.42. The molecule has 4 aliphatic rings. The summed E-state index contributed by atoms with van der Waals surface area (Å²) in [6, 6.07) is 9.36. The smallest absolute Gasteiger partial charge is 0.298 e. The predicted octanol–water partition coefficient (Wildman–Crippen LogP) is 3.31. The van der Waals surface area contributed by atoms with Crippen molar-refractivity contribution in [2.75, 3.05) is 20.6 Å². The fourth-order valence-electron chi connectivity index (χ4n) is 7.98. The second-order valence-corrected chi connectivity index (χ2v) is 11.6.